The lowest BCUT2D eigenvalue weighted by Gasteiger charge is -2.11. The fourth-order valence-corrected chi connectivity index (χ4v) is 4.00. The summed E-state index contributed by atoms with van der Waals surface area (Å²) in [4.78, 5) is 4.50. The topological polar surface area (TPSA) is 31.0 Å². The number of para-hydroxylation sites is 1. The Bertz CT molecular complexity index is 1430. The first-order valence-electron chi connectivity index (χ1n) is 8.64. The Hall–Kier alpha value is -3.59. The van der Waals surface area contributed by atoms with Crippen molar-refractivity contribution in [3.63, 3.8) is 0 Å². The second kappa shape index (κ2) is 4.96. The Kier molecular flexibility index (Phi) is 2.61. The Morgan fingerprint density at radius 2 is 1.54 bits per heavy atom. The Morgan fingerprint density at radius 1 is 0.692 bits per heavy atom. The van der Waals surface area contributed by atoms with Crippen LogP contribution in [0, 0.1) is 0 Å². The maximum atomic E-state index is 5.89. The van der Waals surface area contributed by atoms with Crippen LogP contribution in [0.2, 0.25) is 0 Å². The number of pyridine rings is 1. The van der Waals surface area contributed by atoms with Gasteiger partial charge < -0.3 is 8.98 Å². The van der Waals surface area contributed by atoms with E-state index in [-0.39, 0.29) is 0 Å². The van der Waals surface area contributed by atoms with Crippen LogP contribution in [0.5, 0.6) is 0 Å². The highest BCUT2D eigenvalue weighted by molar-refractivity contribution is 6.17. The van der Waals surface area contributed by atoms with E-state index in [1.807, 2.05) is 24.5 Å². The number of fused-ring (bicyclic) bond motifs is 6. The van der Waals surface area contributed by atoms with Gasteiger partial charge in [-0.05, 0) is 12.1 Å². The standard InChI is InChI=1S/C23H14N2O/c1-2-6-17-16(5-1)13-24-14-21(17)25-20-8-4-3-7-18(20)19-10-9-15-11-12-26-23(15)22(19)25/h1-14H. The number of hydrogen-bond acceptors (Lipinski definition) is 2. The van der Waals surface area contributed by atoms with Crippen LogP contribution in [-0.2, 0) is 0 Å². The highest BCUT2D eigenvalue weighted by atomic mass is 16.3. The third-order valence-corrected chi connectivity index (χ3v) is 5.14. The minimum atomic E-state index is 0.909. The van der Waals surface area contributed by atoms with Crippen LogP contribution in [0.25, 0.3) is 49.2 Å². The monoisotopic (exact) mass is 334 g/mol. The largest absolute Gasteiger partial charge is 0.462 e. The number of aromatic nitrogens is 2. The van der Waals surface area contributed by atoms with E-state index in [2.05, 4.69) is 64.1 Å². The van der Waals surface area contributed by atoms with Crippen molar-refractivity contribution in [2.75, 3.05) is 0 Å². The molecule has 3 aromatic heterocycles. The predicted molar refractivity (Wildman–Crippen MR) is 106 cm³/mol. The molecule has 0 amide bonds. The summed E-state index contributed by atoms with van der Waals surface area (Å²) in [6.45, 7) is 0. The van der Waals surface area contributed by atoms with Gasteiger partial charge in [-0.1, -0.05) is 54.6 Å². The first-order chi connectivity index (χ1) is 12.9. The lowest BCUT2D eigenvalue weighted by Crippen LogP contribution is -1.96. The molecule has 0 saturated heterocycles. The first-order valence-corrected chi connectivity index (χ1v) is 8.64. The molecule has 3 heteroatoms. The summed E-state index contributed by atoms with van der Waals surface area (Å²) in [5.74, 6) is 0. The number of furan rings is 1. The van der Waals surface area contributed by atoms with Gasteiger partial charge in [0.15, 0.2) is 5.58 Å². The molecule has 0 aliphatic heterocycles. The summed E-state index contributed by atoms with van der Waals surface area (Å²) in [5.41, 5.74) is 4.22. The molecule has 3 aromatic carbocycles. The molecule has 6 aromatic rings. The quantitative estimate of drug-likeness (QED) is 0.365. The van der Waals surface area contributed by atoms with Gasteiger partial charge in [-0.3, -0.25) is 4.98 Å². The van der Waals surface area contributed by atoms with Gasteiger partial charge in [0.25, 0.3) is 0 Å². The van der Waals surface area contributed by atoms with Crippen molar-refractivity contribution >= 4 is 43.5 Å². The summed E-state index contributed by atoms with van der Waals surface area (Å²) in [6, 6.07) is 23.2. The first kappa shape index (κ1) is 13.7. The fraction of sp³-hybridized carbons (Fsp3) is 0. The van der Waals surface area contributed by atoms with Crippen LogP contribution < -0.4 is 0 Å². The molecule has 0 saturated carbocycles. The second-order valence-corrected chi connectivity index (χ2v) is 6.53. The highest BCUT2D eigenvalue weighted by Gasteiger charge is 2.17. The van der Waals surface area contributed by atoms with Gasteiger partial charge in [0.05, 0.1) is 29.2 Å². The van der Waals surface area contributed by atoms with E-state index >= 15 is 0 Å². The molecule has 0 aliphatic rings. The number of hydrogen-bond donors (Lipinski definition) is 0. The molecule has 26 heavy (non-hydrogen) atoms. The van der Waals surface area contributed by atoms with Gasteiger partial charge in [0.2, 0.25) is 0 Å². The molecule has 0 spiro atoms. The Balaban J connectivity index is 1.92. The maximum absolute atomic E-state index is 5.89. The average Bonchev–Trinajstić information content (AvgIpc) is 3.30. The lowest BCUT2D eigenvalue weighted by molar-refractivity contribution is 0.618. The smallest absolute Gasteiger partial charge is 0.158 e. The number of nitrogens with zero attached hydrogens (tertiary/aromatic N) is 2. The summed E-state index contributed by atoms with van der Waals surface area (Å²) in [6.07, 6.45) is 5.61. The van der Waals surface area contributed by atoms with Crippen LogP contribution in [0.15, 0.2) is 89.8 Å². The lowest BCUT2D eigenvalue weighted by atomic mass is 10.1. The molecule has 0 fully saturated rings. The zero-order chi connectivity index (χ0) is 17.1. The fourth-order valence-electron chi connectivity index (χ4n) is 4.00. The highest BCUT2D eigenvalue weighted by Crippen LogP contribution is 2.38. The third kappa shape index (κ3) is 1.69. The van der Waals surface area contributed by atoms with Crippen molar-refractivity contribution in [1.82, 2.24) is 9.55 Å². The molecular weight excluding hydrogens is 320 g/mol. The molecule has 0 bridgehead atoms. The van der Waals surface area contributed by atoms with E-state index in [0.717, 1.165) is 33.1 Å². The van der Waals surface area contributed by atoms with E-state index in [1.54, 1.807) is 6.26 Å². The van der Waals surface area contributed by atoms with Crippen molar-refractivity contribution in [3.8, 4) is 5.69 Å². The van der Waals surface area contributed by atoms with Crippen molar-refractivity contribution in [1.29, 1.82) is 0 Å². The maximum Gasteiger partial charge on any atom is 0.158 e. The van der Waals surface area contributed by atoms with E-state index in [4.69, 9.17) is 4.42 Å². The normalized spacial score (nSPS) is 11.8. The number of benzene rings is 3. The molecule has 0 atom stereocenters. The van der Waals surface area contributed by atoms with Gasteiger partial charge in [0.1, 0.15) is 0 Å². The van der Waals surface area contributed by atoms with Crippen LogP contribution in [-0.4, -0.2) is 9.55 Å². The van der Waals surface area contributed by atoms with E-state index in [9.17, 15) is 0 Å². The van der Waals surface area contributed by atoms with Crippen molar-refractivity contribution in [3.05, 3.63) is 85.4 Å². The van der Waals surface area contributed by atoms with E-state index in [1.165, 1.54) is 16.2 Å². The van der Waals surface area contributed by atoms with Crippen LogP contribution in [0.1, 0.15) is 0 Å². The molecule has 122 valence electrons. The average molecular weight is 334 g/mol. The molecule has 6 rings (SSSR count). The van der Waals surface area contributed by atoms with Crippen molar-refractivity contribution in [2.45, 2.75) is 0 Å². The molecule has 0 unspecified atom stereocenters. The zero-order valence-electron chi connectivity index (χ0n) is 13.9. The minimum Gasteiger partial charge on any atom is -0.462 e. The molecule has 3 nitrogen and oxygen atoms in total. The van der Waals surface area contributed by atoms with E-state index < -0.39 is 0 Å². The minimum absolute atomic E-state index is 0.909. The summed E-state index contributed by atoms with van der Waals surface area (Å²) in [7, 11) is 0. The van der Waals surface area contributed by atoms with Gasteiger partial charge in [-0.25, -0.2) is 0 Å². The van der Waals surface area contributed by atoms with Crippen LogP contribution >= 0.6 is 0 Å². The summed E-state index contributed by atoms with van der Waals surface area (Å²) < 4.78 is 8.18. The van der Waals surface area contributed by atoms with Gasteiger partial charge >= 0.3 is 0 Å². The molecule has 0 aliphatic carbocycles. The predicted octanol–water partition coefficient (Wildman–Crippen LogP) is 6.08. The third-order valence-electron chi connectivity index (χ3n) is 5.14. The molecule has 3 heterocycles. The van der Waals surface area contributed by atoms with Gasteiger partial charge in [-0.2, -0.15) is 0 Å². The van der Waals surface area contributed by atoms with E-state index in [0.29, 0.717) is 0 Å². The molecule has 0 N–H and O–H groups in total. The SMILES string of the molecule is c1ccc2c(-n3c4ccccc4c4ccc5ccoc5c43)cncc2c1. The van der Waals surface area contributed by atoms with Crippen molar-refractivity contribution < 1.29 is 4.42 Å². The van der Waals surface area contributed by atoms with Crippen LogP contribution in [0.4, 0.5) is 0 Å². The van der Waals surface area contributed by atoms with Crippen molar-refractivity contribution in [2.24, 2.45) is 0 Å². The summed E-state index contributed by atoms with van der Waals surface area (Å²) in [5, 5.41) is 5.82. The molecular formula is C23H14N2O. The van der Waals surface area contributed by atoms with Gasteiger partial charge in [0, 0.05) is 33.1 Å². The Morgan fingerprint density at radius 3 is 2.50 bits per heavy atom. The Labute approximate surface area is 149 Å². The zero-order valence-corrected chi connectivity index (χ0v) is 13.9. The summed E-state index contributed by atoms with van der Waals surface area (Å²) >= 11 is 0. The second-order valence-electron chi connectivity index (χ2n) is 6.53. The van der Waals surface area contributed by atoms with Crippen LogP contribution in [0.3, 0.4) is 0 Å². The van der Waals surface area contributed by atoms with Gasteiger partial charge in [-0.15, -0.1) is 0 Å². The number of rotatable bonds is 1. The molecule has 0 radical (unpaired) electrons.